The monoisotopic (exact) mass is 318 g/mol. The number of carbonyl (C=O) groups is 2. The van der Waals surface area contributed by atoms with Crippen LogP contribution in [0.1, 0.15) is 45.4 Å². The van der Waals surface area contributed by atoms with E-state index in [1.54, 1.807) is 0 Å². The molecule has 0 saturated heterocycles. The second kappa shape index (κ2) is 8.44. The molecule has 0 fully saturated rings. The van der Waals surface area contributed by atoms with Crippen LogP contribution in [0.25, 0.3) is 0 Å². The van der Waals surface area contributed by atoms with Crippen molar-refractivity contribution in [2.24, 2.45) is 0 Å². The normalized spacial score (nSPS) is 15.5. The molecule has 0 spiro atoms. The van der Waals surface area contributed by atoms with Crippen molar-refractivity contribution < 1.29 is 33.2 Å². The van der Waals surface area contributed by atoms with Crippen LogP contribution in [0.2, 0.25) is 0 Å². The number of carbonyl (C=O) groups excluding carboxylic acids is 2. The smallest absolute Gasteiger partial charge is 0.342 e. The maximum absolute atomic E-state index is 12.0. The summed E-state index contributed by atoms with van der Waals surface area (Å²) >= 11 is 0. The molecule has 1 aliphatic heterocycles. The second-order valence-corrected chi connectivity index (χ2v) is 6.02. The van der Waals surface area contributed by atoms with Gasteiger partial charge in [-0.1, -0.05) is 32.6 Å². The van der Waals surface area contributed by atoms with Crippen molar-refractivity contribution >= 4 is 19.6 Å². The van der Waals surface area contributed by atoms with E-state index in [1.165, 1.54) is 0 Å². The molecule has 0 aromatic rings. The number of hydrogen-bond acceptors (Lipinski definition) is 7. The molecule has 0 aliphatic carbocycles. The van der Waals surface area contributed by atoms with Crippen LogP contribution in [-0.2, 0) is 23.4 Å². The van der Waals surface area contributed by atoms with E-state index < -0.39 is 20.4 Å². The maximum atomic E-state index is 12.0. The first kappa shape index (κ1) is 18.0. The Hall–Kier alpha value is -1.01. The van der Waals surface area contributed by atoms with E-state index in [1.807, 2.05) is 0 Å². The van der Waals surface area contributed by atoms with E-state index in [-0.39, 0.29) is 30.0 Å². The summed E-state index contributed by atoms with van der Waals surface area (Å²) in [5.41, 5.74) is -0.0515. The van der Waals surface area contributed by atoms with Gasteiger partial charge < -0.3 is 23.6 Å². The number of ether oxygens (including phenoxy) is 1. The Kier molecular flexibility index (Phi) is 7.25. The lowest BCUT2D eigenvalue weighted by molar-refractivity contribution is -0.341. The Balaban J connectivity index is 2.55. The van der Waals surface area contributed by atoms with E-state index in [9.17, 15) is 23.9 Å². The van der Waals surface area contributed by atoms with E-state index in [0.29, 0.717) is 6.42 Å². The lowest BCUT2D eigenvalue weighted by atomic mass is 10.0. The van der Waals surface area contributed by atoms with Crippen molar-refractivity contribution in [2.45, 2.75) is 45.4 Å². The zero-order valence-electron chi connectivity index (χ0n) is 12.0. The van der Waals surface area contributed by atoms with Crippen molar-refractivity contribution in [1.29, 1.82) is 0 Å². The zero-order chi connectivity index (χ0) is 15.9. The van der Waals surface area contributed by atoms with Gasteiger partial charge in [0.2, 0.25) is 0 Å². The van der Waals surface area contributed by atoms with Crippen LogP contribution >= 0.6 is 7.82 Å². The molecule has 0 radical (unpaired) electrons. The third-order valence-electron chi connectivity index (χ3n) is 3.12. The highest BCUT2D eigenvalue weighted by Crippen LogP contribution is 2.28. The molecular formula is C13H19O7P-2. The minimum atomic E-state index is -5.14. The summed E-state index contributed by atoms with van der Waals surface area (Å²) in [6, 6.07) is 0. The summed E-state index contributed by atoms with van der Waals surface area (Å²) in [6.07, 6.45) is 4.97. The number of phosphoric ester groups is 1. The van der Waals surface area contributed by atoms with Crippen LogP contribution in [0, 0.1) is 0 Å². The molecule has 0 N–H and O–H groups in total. The molecular weight excluding hydrogens is 299 g/mol. The minimum Gasteiger partial charge on any atom is -0.790 e. The maximum Gasteiger partial charge on any atom is 0.342 e. The molecule has 8 heteroatoms. The molecule has 1 heterocycles. The molecule has 0 aromatic carbocycles. The van der Waals surface area contributed by atoms with Gasteiger partial charge in [0.25, 0.3) is 0 Å². The van der Waals surface area contributed by atoms with Gasteiger partial charge in [0.1, 0.15) is 12.2 Å². The minimum absolute atomic E-state index is 0.116. The molecule has 1 aliphatic rings. The highest BCUT2D eigenvalue weighted by Gasteiger charge is 2.30. The fraction of sp³-hybridized carbons (Fsp3) is 0.692. The molecule has 7 nitrogen and oxygen atoms in total. The lowest BCUT2D eigenvalue weighted by Gasteiger charge is -2.28. The van der Waals surface area contributed by atoms with Gasteiger partial charge >= 0.3 is 5.97 Å². The zero-order valence-corrected chi connectivity index (χ0v) is 12.9. The molecule has 0 atom stereocenters. The van der Waals surface area contributed by atoms with Crippen molar-refractivity contribution in [3.63, 3.8) is 0 Å². The number of Topliss-reactive ketones (excluding diaryl/α,β-unsaturated/α-hetero) is 1. The number of phosphoric acid groups is 1. The van der Waals surface area contributed by atoms with Gasteiger partial charge in [0.15, 0.2) is 5.78 Å². The quantitative estimate of drug-likeness (QED) is 0.251. The number of cyclic esters (lactones) is 1. The molecule has 0 saturated carbocycles. The highest BCUT2D eigenvalue weighted by atomic mass is 31.2. The summed E-state index contributed by atoms with van der Waals surface area (Å²) < 4.78 is 19.2. The molecule has 0 aromatic heterocycles. The van der Waals surface area contributed by atoms with Gasteiger partial charge in [-0.2, -0.15) is 0 Å². The molecule has 0 bridgehead atoms. The summed E-state index contributed by atoms with van der Waals surface area (Å²) in [7, 11) is -5.14. The van der Waals surface area contributed by atoms with Crippen LogP contribution in [0.15, 0.2) is 11.1 Å². The van der Waals surface area contributed by atoms with Crippen LogP contribution in [0.5, 0.6) is 0 Å². The first-order valence-corrected chi connectivity index (χ1v) is 8.40. The Bertz CT molecular complexity index is 463. The Morgan fingerprint density at radius 3 is 2.57 bits per heavy atom. The van der Waals surface area contributed by atoms with Crippen LogP contribution in [-0.4, -0.2) is 25.0 Å². The third-order valence-corrected chi connectivity index (χ3v) is 3.56. The van der Waals surface area contributed by atoms with Gasteiger partial charge in [-0.15, -0.1) is 0 Å². The Morgan fingerprint density at radius 1 is 1.29 bits per heavy atom. The Labute approximate surface area is 123 Å². The van der Waals surface area contributed by atoms with Gasteiger partial charge in [-0.25, -0.2) is 4.79 Å². The van der Waals surface area contributed by atoms with Crippen molar-refractivity contribution in [2.75, 3.05) is 13.2 Å². The fourth-order valence-electron chi connectivity index (χ4n) is 2.04. The first-order chi connectivity index (χ1) is 9.85. The SMILES string of the molecule is CCCCCCCC(=O)C1=C(COP(=O)([O-])[O-])COC1=O. The summed E-state index contributed by atoms with van der Waals surface area (Å²) in [4.78, 5) is 44.4. The number of unbranched alkanes of at least 4 members (excludes halogenated alkanes) is 4. The average molecular weight is 318 g/mol. The second-order valence-electron chi connectivity index (χ2n) is 4.86. The summed E-state index contributed by atoms with van der Waals surface area (Å²) in [5.74, 6) is -1.17. The van der Waals surface area contributed by atoms with Crippen molar-refractivity contribution in [1.82, 2.24) is 0 Å². The number of esters is 1. The van der Waals surface area contributed by atoms with Gasteiger partial charge in [-0.3, -0.25) is 4.79 Å². The van der Waals surface area contributed by atoms with E-state index >= 15 is 0 Å². The van der Waals surface area contributed by atoms with Crippen molar-refractivity contribution in [3.05, 3.63) is 11.1 Å². The van der Waals surface area contributed by atoms with Crippen LogP contribution in [0.3, 0.4) is 0 Å². The first-order valence-electron chi connectivity index (χ1n) is 6.94. The predicted octanol–water partition coefficient (Wildman–Crippen LogP) is 0.615. The van der Waals surface area contributed by atoms with Gasteiger partial charge in [-0.05, 0) is 6.42 Å². The Morgan fingerprint density at radius 2 is 1.95 bits per heavy atom. The van der Waals surface area contributed by atoms with E-state index in [2.05, 4.69) is 11.4 Å². The average Bonchev–Trinajstić information content (AvgIpc) is 2.76. The lowest BCUT2D eigenvalue weighted by Crippen LogP contribution is -2.18. The van der Waals surface area contributed by atoms with Crippen LogP contribution < -0.4 is 9.79 Å². The predicted molar refractivity (Wildman–Crippen MR) is 69.9 cm³/mol. The molecule has 21 heavy (non-hydrogen) atoms. The van der Waals surface area contributed by atoms with Gasteiger partial charge in [0.05, 0.1) is 14.4 Å². The number of rotatable bonds is 10. The van der Waals surface area contributed by atoms with Gasteiger partial charge in [0, 0.05) is 12.0 Å². The number of ketones is 1. The summed E-state index contributed by atoms with van der Waals surface area (Å²) in [6.45, 7) is 1.27. The topological polar surface area (TPSA) is 116 Å². The molecule has 1 rings (SSSR count). The highest BCUT2D eigenvalue weighted by molar-refractivity contribution is 7.43. The molecule has 120 valence electrons. The summed E-state index contributed by atoms with van der Waals surface area (Å²) in [5, 5.41) is 0. The van der Waals surface area contributed by atoms with E-state index in [0.717, 1.165) is 25.7 Å². The number of hydrogen-bond donors (Lipinski definition) is 0. The fourth-order valence-corrected chi connectivity index (χ4v) is 2.35. The van der Waals surface area contributed by atoms with Crippen LogP contribution in [0.4, 0.5) is 0 Å². The molecule has 0 unspecified atom stereocenters. The largest absolute Gasteiger partial charge is 0.790 e. The standard InChI is InChI=1S/C13H21O7P/c1-2-3-4-5-6-7-11(14)12-10(8-19-13(12)15)9-20-21(16,17)18/h2-9H2,1H3,(H2,16,17,18)/p-2. The van der Waals surface area contributed by atoms with Crippen molar-refractivity contribution in [3.8, 4) is 0 Å². The molecule has 0 amide bonds. The van der Waals surface area contributed by atoms with E-state index in [4.69, 9.17) is 4.74 Å². The third kappa shape index (κ3) is 6.52.